The lowest BCUT2D eigenvalue weighted by atomic mass is 9.88. The summed E-state index contributed by atoms with van der Waals surface area (Å²) in [4.78, 5) is 0.697. The third-order valence-electron chi connectivity index (χ3n) is 3.54. The van der Waals surface area contributed by atoms with Gasteiger partial charge >= 0.3 is 0 Å². The van der Waals surface area contributed by atoms with Crippen molar-refractivity contribution >= 4 is 15.9 Å². The second kappa shape index (κ2) is 7.07. The molecule has 0 aromatic carbocycles. The molecule has 100 valence electrons. The fourth-order valence-corrected chi connectivity index (χ4v) is 3.03. The van der Waals surface area contributed by atoms with Crippen LogP contribution in [-0.2, 0) is 14.2 Å². The van der Waals surface area contributed by atoms with E-state index in [1.807, 2.05) is 0 Å². The fourth-order valence-electron chi connectivity index (χ4n) is 2.50. The zero-order chi connectivity index (χ0) is 12.1. The lowest BCUT2D eigenvalue weighted by Crippen LogP contribution is -2.42. The van der Waals surface area contributed by atoms with E-state index in [2.05, 4.69) is 22.9 Å². The number of hydrogen-bond donors (Lipinski definition) is 0. The van der Waals surface area contributed by atoms with Gasteiger partial charge in [0.2, 0.25) is 0 Å². The first kappa shape index (κ1) is 13.8. The normalized spacial score (nSPS) is 39.2. The standard InChI is InChI=1S/C13H23BrO3/c1-2-7-15-12-8-16-13(17-9-12)10-3-5-11(14)6-4-10/h10-13H,2-9H2,1H3. The van der Waals surface area contributed by atoms with Gasteiger partial charge in [-0.1, -0.05) is 22.9 Å². The van der Waals surface area contributed by atoms with Crippen LogP contribution in [0.15, 0.2) is 0 Å². The first-order valence-electron chi connectivity index (χ1n) is 6.78. The molecule has 0 bridgehead atoms. The molecule has 0 aromatic heterocycles. The van der Waals surface area contributed by atoms with E-state index in [0.717, 1.165) is 13.0 Å². The quantitative estimate of drug-likeness (QED) is 0.747. The molecule has 3 nitrogen and oxygen atoms in total. The van der Waals surface area contributed by atoms with Crippen LogP contribution in [0.4, 0.5) is 0 Å². The molecule has 2 fully saturated rings. The molecule has 2 aliphatic rings. The van der Waals surface area contributed by atoms with E-state index in [0.29, 0.717) is 24.0 Å². The Balaban J connectivity index is 1.68. The van der Waals surface area contributed by atoms with Crippen molar-refractivity contribution in [3.63, 3.8) is 0 Å². The Morgan fingerprint density at radius 3 is 2.35 bits per heavy atom. The van der Waals surface area contributed by atoms with Gasteiger partial charge in [-0.3, -0.25) is 0 Å². The van der Waals surface area contributed by atoms with Crippen molar-refractivity contribution in [2.24, 2.45) is 5.92 Å². The van der Waals surface area contributed by atoms with Crippen LogP contribution in [-0.4, -0.2) is 37.0 Å². The molecule has 0 aromatic rings. The van der Waals surface area contributed by atoms with Crippen LogP contribution in [0.3, 0.4) is 0 Å². The zero-order valence-corrected chi connectivity index (χ0v) is 12.2. The number of hydrogen-bond acceptors (Lipinski definition) is 3. The van der Waals surface area contributed by atoms with Gasteiger partial charge in [0.15, 0.2) is 6.29 Å². The van der Waals surface area contributed by atoms with Gasteiger partial charge in [0, 0.05) is 17.4 Å². The highest BCUT2D eigenvalue weighted by atomic mass is 79.9. The maximum atomic E-state index is 5.80. The first-order chi connectivity index (χ1) is 8.29. The van der Waals surface area contributed by atoms with Gasteiger partial charge in [0.25, 0.3) is 0 Å². The van der Waals surface area contributed by atoms with Crippen molar-refractivity contribution in [2.45, 2.75) is 56.2 Å². The molecular formula is C13H23BrO3. The molecule has 0 spiro atoms. The van der Waals surface area contributed by atoms with E-state index in [9.17, 15) is 0 Å². The van der Waals surface area contributed by atoms with E-state index in [-0.39, 0.29) is 12.4 Å². The van der Waals surface area contributed by atoms with E-state index < -0.39 is 0 Å². The van der Waals surface area contributed by atoms with Crippen molar-refractivity contribution < 1.29 is 14.2 Å². The van der Waals surface area contributed by atoms with Crippen molar-refractivity contribution in [1.29, 1.82) is 0 Å². The molecule has 1 aliphatic carbocycles. The summed E-state index contributed by atoms with van der Waals surface area (Å²) in [7, 11) is 0. The summed E-state index contributed by atoms with van der Waals surface area (Å²) in [5.74, 6) is 0.580. The maximum Gasteiger partial charge on any atom is 0.160 e. The van der Waals surface area contributed by atoms with E-state index in [4.69, 9.17) is 14.2 Å². The van der Waals surface area contributed by atoms with Gasteiger partial charge in [0.1, 0.15) is 6.10 Å². The van der Waals surface area contributed by atoms with Crippen molar-refractivity contribution in [1.82, 2.24) is 0 Å². The largest absolute Gasteiger partial charge is 0.373 e. The number of ether oxygens (including phenoxy) is 3. The van der Waals surface area contributed by atoms with Gasteiger partial charge < -0.3 is 14.2 Å². The highest BCUT2D eigenvalue weighted by Crippen LogP contribution is 2.33. The second-order valence-corrected chi connectivity index (χ2v) is 6.33. The van der Waals surface area contributed by atoms with Gasteiger partial charge in [-0.05, 0) is 32.1 Å². The zero-order valence-electron chi connectivity index (χ0n) is 10.6. The molecule has 0 radical (unpaired) electrons. The van der Waals surface area contributed by atoms with Crippen LogP contribution >= 0.6 is 15.9 Å². The summed E-state index contributed by atoms with van der Waals surface area (Å²) in [6.07, 6.45) is 6.10. The number of rotatable bonds is 4. The lowest BCUT2D eigenvalue weighted by Gasteiger charge is -2.36. The van der Waals surface area contributed by atoms with Crippen LogP contribution in [0.5, 0.6) is 0 Å². The minimum Gasteiger partial charge on any atom is -0.373 e. The van der Waals surface area contributed by atoms with Gasteiger partial charge in [-0.2, -0.15) is 0 Å². The predicted molar refractivity (Wildman–Crippen MR) is 70.4 cm³/mol. The van der Waals surface area contributed by atoms with Gasteiger partial charge in [-0.25, -0.2) is 0 Å². The minimum atomic E-state index is 0.0106. The monoisotopic (exact) mass is 306 g/mol. The fraction of sp³-hybridized carbons (Fsp3) is 1.00. The Morgan fingerprint density at radius 2 is 1.76 bits per heavy atom. The van der Waals surface area contributed by atoms with Gasteiger partial charge in [0.05, 0.1) is 13.2 Å². The molecule has 0 amide bonds. The maximum absolute atomic E-state index is 5.80. The van der Waals surface area contributed by atoms with Crippen molar-refractivity contribution in [2.75, 3.05) is 19.8 Å². The summed E-state index contributed by atoms with van der Waals surface area (Å²) in [5.41, 5.74) is 0. The van der Waals surface area contributed by atoms with Crippen molar-refractivity contribution in [3.05, 3.63) is 0 Å². The molecule has 17 heavy (non-hydrogen) atoms. The van der Waals surface area contributed by atoms with Crippen LogP contribution in [0.2, 0.25) is 0 Å². The average Bonchev–Trinajstić information content (AvgIpc) is 2.38. The molecule has 1 saturated heterocycles. The third-order valence-corrected chi connectivity index (χ3v) is 4.45. The van der Waals surface area contributed by atoms with E-state index >= 15 is 0 Å². The first-order valence-corrected chi connectivity index (χ1v) is 7.70. The molecule has 4 heteroatoms. The Hall–Kier alpha value is 0.360. The van der Waals surface area contributed by atoms with Crippen molar-refractivity contribution in [3.8, 4) is 0 Å². The lowest BCUT2D eigenvalue weighted by molar-refractivity contribution is -0.248. The number of alkyl halides is 1. The smallest absolute Gasteiger partial charge is 0.160 e. The highest BCUT2D eigenvalue weighted by Gasteiger charge is 2.32. The molecule has 1 saturated carbocycles. The molecule has 2 rings (SSSR count). The van der Waals surface area contributed by atoms with Crippen LogP contribution in [0.25, 0.3) is 0 Å². The Morgan fingerprint density at radius 1 is 1.12 bits per heavy atom. The topological polar surface area (TPSA) is 27.7 Å². The molecule has 1 aliphatic heterocycles. The van der Waals surface area contributed by atoms with Gasteiger partial charge in [-0.15, -0.1) is 0 Å². The second-order valence-electron chi connectivity index (χ2n) is 5.04. The van der Waals surface area contributed by atoms with Crippen LogP contribution < -0.4 is 0 Å². The summed E-state index contributed by atoms with van der Waals surface area (Å²) in [5, 5.41) is 0. The Bertz CT molecular complexity index is 209. The molecule has 0 atom stereocenters. The summed E-state index contributed by atoms with van der Waals surface area (Å²) < 4.78 is 17.2. The third kappa shape index (κ3) is 4.19. The van der Waals surface area contributed by atoms with E-state index in [1.54, 1.807) is 0 Å². The summed E-state index contributed by atoms with van der Waals surface area (Å²) in [6.45, 7) is 4.31. The van der Waals surface area contributed by atoms with E-state index in [1.165, 1.54) is 25.7 Å². The number of halogens is 1. The highest BCUT2D eigenvalue weighted by molar-refractivity contribution is 9.09. The molecule has 0 unspecified atom stereocenters. The SMILES string of the molecule is CCCOC1COC(C2CCC(Br)CC2)OC1. The molecule has 1 heterocycles. The predicted octanol–water partition coefficient (Wildman–Crippen LogP) is 3.11. The van der Waals surface area contributed by atoms with Crippen LogP contribution in [0.1, 0.15) is 39.0 Å². The molecule has 0 N–H and O–H groups in total. The van der Waals surface area contributed by atoms with Crippen LogP contribution in [0, 0.1) is 5.92 Å². The Labute approximate surface area is 112 Å². The summed E-state index contributed by atoms with van der Waals surface area (Å²) >= 11 is 3.68. The molecular weight excluding hydrogens is 284 g/mol. The summed E-state index contributed by atoms with van der Waals surface area (Å²) in [6, 6.07) is 0. The Kier molecular flexibility index (Phi) is 5.74. The average molecular weight is 307 g/mol. The minimum absolute atomic E-state index is 0.0106.